The lowest BCUT2D eigenvalue weighted by Crippen LogP contribution is -2.42. The van der Waals surface area contributed by atoms with Crippen LogP contribution in [-0.2, 0) is 14.3 Å². The lowest BCUT2D eigenvalue weighted by Gasteiger charge is -2.31. The van der Waals surface area contributed by atoms with Crippen molar-refractivity contribution in [3.05, 3.63) is 70.5 Å². The number of aliphatic hydroxyl groups is 1. The molecule has 2 aromatic carbocycles. The van der Waals surface area contributed by atoms with Crippen LogP contribution in [0, 0.1) is 12.7 Å². The van der Waals surface area contributed by atoms with Gasteiger partial charge in [-0.25, -0.2) is 4.39 Å². The second kappa shape index (κ2) is 11.0. The summed E-state index contributed by atoms with van der Waals surface area (Å²) in [4.78, 5) is 29.8. The fraction of sp³-hybridized carbons (Fsp3) is 0.407. The third-order valence-corrected chi connectivity index (χ3v) is 6.41. The Labute approximate surface area is 204 Å². The van der Waals surface area contributed by atoms with E-state index in [2.05, 4.69) is 4.90 Å². The smallest absolute Gasteiger partial charge is 0.295 e. The highest BCUT2D eigenvalue weighted by atomic mass is 19.1. The largest absolute Gasteiger partial charge is 0.507 e. The van der Waals surface area contributed by atoms with E-state index < -0.39 is 23.5 Å². The molecule has 0 bridgehead atoms. The van der Waals surface area contributed by atoms with Crippen molar-refractivity contribution in [2.24, 2.45) is 0 Å². The second-order valence-corrected chi connectivity index (χ2v) is 8.80. The van der Waals surface area contributed by atoms with Crippen LogP contribution in [0.2, 0.25) is 0 Å². The summed E-state index contributed by atoms with van der Waals surface area (Å²) in [5.41, 5.74) is 1.23. The van der Waals surface area contributed by atoms with Crippen LogP contribution in [-0.4, -0.2) is 72.6 Å². The lowest BCUT2D eigenvalue weighted by molar-refractivity contribution is -0.140. The van der Waals surface area contributed by atoms with Crippen molar-refractivity contribution in [2.45, 2.75) is 26.3 Å². The van der Waals surface area contributed by atoms with Gasteiger partial charge in [-0.2, -0.15) is 0 Å². The first-order valence-electron chi connectivity index (χ1n) is 12.0. The highest BCUT2D eigenvalue weighted by Crippen LogP contribution is 2.40. The number of benzene rings is 2. The molecular weight excluding hydrogens is 451 g/mol. The van der Waals surface area contributed by atoms with Crippen LogP contribution in [0.15, 0.2) is 48.0 Å². The normalized spacial score (nSPS) is 20.4. The quantitative estimate of drug-likeness (QED) is 0.351. The lowest BCUT2D eigenvalue weighted by atomic mass is 9.94. The summed E-state index contributed by atoms with van der Waals surface area (Å²) < 4.78 is 26.0. The Morgan fingerprint density at radius 2 is 1.89 bits per heavy atom. The maximum absolute atomic E-state index is 14.9. The number of Topliss-reactive ketones (excluding diaryl/α,β-unsaturated/α-hetero) is 1. The van der Waals surface area contributed by atoms with Gasteiger partial charge in [0.05, 0.1) is 31.4 Å². The number of morpholine rings is 1. The van der Waals surface area contributed by atoms with E-state index in [1.165, 1.54) is 11.0 Å². The number of ether oxygens (including phenoxy) is 2. The molecule has 2 heterocycles. The molecule has 2 aliphatic heterocycles. The SMILES string of the molecule is CCCOc1ccc(/C(O)=C2\C(=O)C(=O)N(CCN3CCOCC3)C2c2ccccc2F)cc1C. The average molecular weight is 483 g/mol. The van der Waals surface area contributed by atoms with Crippen molar-refractivity contribution in [3.63, 3.8) is 0 Å². The van der Waals surface area contributed by atoms with E-state index in [9.17, 15) is 19.1 Å². The van der Waals surface area contributed by atoms with Gasteiger partial charge in [0.15, 0.2) is 0 Å². The number of amides is 1. The summed E-state index contributed by atoms with van der Waals surface area (Å²) in [6, 6.07) is 10.1. The van der Waals surface area contributed by atoms with Gasteiger partial charge in [0.2, 0.25) is 0 Å². The van der Waals surface area contributed by atoms with Crippen molar-refractivity contribution < 1.29 is 28.6 Å². The first-order valence-corrected chi connectivity index (χ1v) is 12.0. The Bertz CT molecular complexity index is 1130. The van der Waals surface area contributed by atoms with E-state index in [1.807, 2.05) is 13.8 Å². The summed E-state index contributed by atoms with van der Waals surface area (Å²) >= 11 is 0. The summed E-state index contributed by atoms with van der Waals surface area (Å²) in [5, 5.41) is 11.2. The first-order chi connectivity index (χ1) is 16.9. The monoisotopic (exact) mass is 482 g/mol. The molecule has 7 nitrogen and oxygen atoms in total. The molecule has 0 aliphatic carbocycles. The van der Waals surface area contributed by atoms with Crippen molar-refractivity contribution in [2.75, 3.05) is 46.0 Å². The summed E-state index contributed by atoms with van der Waals surface area (Å²) in [7, 11) is 0. The van der Waals surface area contributed by atoms with Crippen LogP contribution < -0.4 is 4.74 Å². The summed E-state index contributed by atoms with van der Waals surface area (Å²) in [5.74, 6) is -1.74. The molecule has 4 rings (SSSR count). The molecule has 0 radical (unpaired) electrons. The maximum Gasteiger partial charge on any atom is 0.295 e. The van der Waals surface area contributed by atoms with E-state index in [0.29, 0.717) is 37.7 Å². The minimum atomic E-state index is -1.02. The molecule has 0 spiro atoms. The van der Waals surface area contributed by atoms with Crippen molar-refractivity contribution in [3.8, 4) is 5.75 Å². The molecule has 35 heavy (non-hydrogen) atoms. The number of carbonyl (C=O) groups is 2. The Morgan fingerprint density at radius 1 is 1.14 bits per heavy atom. The molecule has 1 amide bonds. The zero-order valence-electron chi connectivity index (χ0n) is 20.1. The van der Waals surface area contributed by atoms with Crippen LogP contribution in [0.3, 0.4) is 0 Å². The number of halogens is 1. The van der Waals surface area contributed by atoms with E-state index in [1.54, 1.807) is 36.4 Å². The third-order valence-electron chi connectivity index (χ3n) is 6.41. The van der Waals surface area contributed by atoms with Crippen LogP contribution in [0.4, 0.5) is 4.39 Å². The molecule has 2 saturated heterocycles. The molecule has 8 heteroatoms. The number of rotatable bonds is 8. The third kappa shape index (κ3) is 5.23. The number of aliphatic hydroxyl groups excluding tert-OH is 1. The summed E-state index contributed by atoms with van der Waals surface area (Å²) in [6.07, 6.45) is 0.859. The van der Waals surface area contributed by atoms with Crippen LogP contribution in [0.1, 0.15) is 36.1 Å². The number of hydrogen-bond donors (Lipinski definition) is 1. The fourth-order valence-electron chi connectivity index (χ4n) is 4.53. The molecule has 2 aromatic rings. The Kier molecular flexibility index (Phi) is 7.83. The fourth-order valence-corrected chi connectivity index (χ4v) is 4.53. The molecule has 1 atom stereocenters. The number of carbonyl (C=O) groups excluding carboxylic acids is 2. The Balaban J connectivity index is 1.73. The number of aryl methyl sites for hydroxylation is 1. The standard InChI is InChI=1S/C27H31FN2O5/c1-3-14-35-22-9-8-19(17-18(22)2)25(31)23-24(20-6-4-5-7-21(20)28)30(27(33)26(23)32)11-10-29-12-15-34-16-13-29/h4-9,17,24,31H,3,10-16H2,1-2H3/b25-23+. The van der Waals surface area contributed by atoms with Gasteiger partial charge in [0, 0.05) is 37.3 Å². The van der Waals surface area contributed by atoms with Crippen molar-refractivity contribution in [1.29, 1.82) is 0 Å². The van der Waals surface area contributed by atoms with Gasteiger partial charge in [-0.1, -0.05) is 25.1 Å². The summed E-state index contributed by atoms with van der Waals surface area (Å²) in [6.45, 7) is 7.81. The molecule has 1 N–H and O–H groups in total. The van der Waals surface area contributed by atoms with Crippen LogP contribution >= 0.6 is 0 Å². The van der Waals surface area contributed by atoms with Gasteiger partial charge in [0.25, 0.3) is 11.7 Å². The zero-order chi connectivity index (χ0) is 24.9. The number of ketones is 1. The van der Waals surface area contributed by atoms with Crippen LogP contribution in [0.25, 0.3) is 5.76 Å². The Morgan fingerprint density at radius 3 is 2.57 bits per heavy atom. The zero-order valence-corrected chi connectivity index (χ0v) is 20.1. The molecule has 2 aliphatic rings. The highest BCUT2D eigenvalue weighted by Gasteiger charge is 2.46. The number of nitrogens with zero attached hydrogens (tertiary/aromatic N) is 2. The van der Waals surface area contributed by atoms with Gasteiger partial charge in [-0.15, -0.1) is 0 Å². The molecule has 186 valence electrons. The number of hydrogen-bond acceptors (Lipinski definition) is 6. The number of likely N-dealkylation sites (tertiary alicyclic amines) is 1. The average Bonchev–Trinajstić information content (AvgIpc) is 3.12. The molecular formula is C27H31FN2O5. The van der Waals surface area contributed by atoms with Gasteiger partial charge in [-0.3, -0.25) is 14.5 Å². The molecule has 1 unspecified atom stereocenters. The topological polar surface area (TPSA) is 79.3 Å². The maximum atomic E-state index is 14.9. The van der Waals surface area contributed by atoms with Gasteiger partial charge in [0.1, 0.15) is 17.3 Å². The molecule has 0 saturated carbocycles. The highest BCUT2D eigenvalue weighted by molar-refractivity contribution is 6.46. The van der Waals surface area contributed by atoms with Crippen LogP contribution in [0.5, 0.6) is 5.75 Å². The minimum absolute atomic E-state index is 0.108. The van der Waals surface area contributed by atoms with Gasteiger partial charge in [-0.05, 0) is 43.2 Å². The van der Waals surface area contributed by atoms with E-state index in [0.717, 1.165) is 25.1 Å². The van der Waals surface area contributed by atoms with Gasteiger partial charge >= 0.3 is 0 Å². The predicted molar refractivity (Wildman–Crippen MR) is 130 cm³/mol. The van der Waals surface area contributed by atoms with Crippen molar-refractivity contribution >= 4 is 17.4 Å². The van der Waals surface area contributed by atoms with E-state index in [4.69, 9.17) is 9.47 Å². The first kappa shape index (κ1) is 24.9. The Hall–Kier alpha value is -3.23. The van der Waals surface area contributed by atoms with E-state index in [-0.39, 0.29) is 23.4 Å². The molecule has 2 fully saturated rings. The van der Waals surface area contributed by atoms with E-state index >= 15 is 0 Å². The molecule has 0 aromatic heterocycles. The predicted octanol–water partition coefficient (Wildman–Crippen LogP) is 3.68. The second-order valence-electron chi connectivity index (χ2n) is 8.80. The minimum Gasteiger partial charge on any atom is -0.507 e. The van der Waals surface area contributed by atoms with Gasteiger partial charge < -0.3 is 19.5 Å². The van der Waals surface area contributed by atoms with Crippen molar-refractivity contribution in [1.82, 2.24) is 9.80 Å².